The highest BCUT2D eigenvalue weighted by molar-refractivity contribution is 6.21. The smallest absolute Gasteiger partial charge is 0.157 e. The van der Waals surface area contributed by atoms with Gasteiger partial charge in [-0.15, -0.1) is 0 Å². The van der Waals surface area contributed by atoms with E-state index in [2.05, 4.69) is 11.7 Å². The Balaban J connectivity index is 0.000000187. The number of alkyl halides is 1. The molecule has 2 nitrogen and oxygen atoms in total. The van der Waals surface area contributed by atoms with Gasteiger partial charge in [0.05, 0.1) is 6.10 Å². The molecule has 3 heteroatoms. The molecule has 0 aromatic heterocycles. The summed E-state index contributed by atoms with van der Waals surface area (Å²) in [4.78, 5) is 0. The summed E-state index contributed by atoms with van der Waals surface area (Å²) in [7, 11) is 0. The molecule has 2 unspecified atom stereocenters. The van der Waals surface area contributed by atoms with Crippen LogP contribution in [0.2, 0.25) is 0 Å². The molecule has 1 heterocycles. The van der Waals surface area contributed by atoms with Crippen molar-refractivity contribution in [2.24, 2.45) is 0 Å². The van der Waals surface area contributed by atoms with E-state index in [0.717, 1.165) is 18.4 Å². The van der Waals surface area contributed by atoms with Gasteiger partial charge in [-0.3, -0.25) is 0 Å². The molecule has 1 aliphatic rings. The Bertz CT molecular complexity index is 295. The zero-order valence-electron chi connectivity index (χ0n) is 9.11. The predicted molar refractivity (Wildman–Crippen MR) is 62.3 cm³/mol. The lowest BCUT2D eigenvalue weighted by molar-refractivity contribution is 0.411. The summed E-state index contributed by atoms with van der Waals surface area (Å²) in [6.45, 7) is 4.05. The quantitative estimate of drug-likeness (QED) is 0.622. The van der Waals surface area contributed by atoms with Gasteiger partial charge in [-0.1, -0.05) is 43.1 Å². The molecule has 0 amide bonds. The molecule has 1 aromatic carbocycles. The summed E-state index contributed by atoms with van der Waals surface area (Å²) in [5.41, 5.74) is 1.07. The highest BCUT2D eigenvalue weighted by atomic mass is 35.5. The number of phenols is 1. The summed E-state index contributed by atoms with van der Waals surface area (Å²) >= 11 is 5.31. The van der Waals surface area contributed by atoms with Crippen LogP contribution in [0.3, 0.4) is 0 Å². The normalized spacial score (nSPS) is 22.9. The summed E-state index contributed by atoms with van der Waals surface area (Å²) < 4.78 is 4.68. The Hall–Kier alpha value is -0.730. The molecule has 0 saturated carbocycles. The number of halogens is 1. The van der Waals surface area contributed by atoms with E-state index in [1.807, 2.05) is 25.1 Å². The number of epoxide rings is 1. The van der Waals surface area contributed by atoms with Crippen LogP contribution < -0.4 is 0 Å². The Morgan fingerprint density at radius 2 is 1.93 bits per heavy atom. The summed E-state index contributed by atoms with van der Waals surface area (Å²) in [5.74, 6) is 0.421. The van der Waals surface area contributed by atoms with Crippen molar-refractivity contribution in [3.05, 3.63) is 29.8 Å². The molecule has 84 valence electrons. The van der Waals surface area contributed by atoms with Crippen LogP contribution in [-0.2, 0) is 11.2 Å². The fourth-order valence-electron chi connectivity index (χ4n) is 1.15. The monoisotopic (exact) mass is 228 g/mol. The lowest BCUT2D eigenvalue weighted by atomic mass is 10.1. The Labute approximate surface area is 95.8 Å². The maximum absolute atomic E-state index is 9.24. The first-order valence-corrected chi connectivity index (χ1v) is 5.65. The van der Waals surface area contributed by atoms with Gasteiger partial charge in [0.25, 0.3) is 0 Å². The van der Waals surface area contributed by atoms with Crippen LogP contribution in [0, 0.1) is 0 Å². The van der Waals surface area contributed by atoms with E-state index in [-0.39, 0.29) is 5.56 Å². The van der Waals surface area contributed by atoms with Crippen molar-refractivity contribution in [2.75, 3.05) is 0 Å². The lowest BCUT2D eigenvalue weighted by Crippen LogP contribution is -1.81. The Morgan fingerprint density at radius 3 is 2.33 bits per heavy atom. The maximum atomic E-state index is 9.24. The van der Waals surface area contributed by atoms with Gasteiger partial charge >= 0.3 is 0 Å². The van der Waals surface area contributed by atoms with Gasteiger partial charge in [0.2, 0.25) is 0 Å². The molecule has 0 radical (unpaired) electrons. The van der Waals surface area contributed by atoms with Crippen LogP contribution >= 0.6 is 11.6 Å². The summed E-state index contributed by atoms with van der Waals surface area (Å²) in [6.07, 6.45) is 2.36. The first-order chi connectivity index (χ1) is 7.15. The molecule has 1 fully saturated rings. The van der Waals surface area contributed by atoms with Gasteiger partial charge in [-0.05, 0) is 25.0 Å². The van der Waals surface area contributed by atoms with Gasteiger partial charge in [0.15, 0.2) is 5.56 Å². The standard InChI is InChI=1S/C9H12O.C3H5ClO/c1-2-5-8-6-3-4-7-9(8)10;1-2-3(4)5-2/h3-4,6-7,10H,2,5H2,1H3;2-3H,1H3. The molecule has 1 saturated heterocycles. The highest BCUT2D eigenvalue weighted by Gasteiger charge is 2.30. The van der Waals surface area contributed by atoms with E-state index >= 15 is 0 Å². The maximum Gasteiger partial charge on any atom is 0.157 e. The number of aromatic hydroxyl groups is 1. The van der Waals surface area contributed by atoms with Gasteiger partial charge in [0.1, 0.15) is 5.75 Å². The highest BCUT2D eigenvalue weighted by Crippen LogP contribution is 2.23. The fraction of sp³-hybridized carbons (Fsp3) is 0.500. The average molecular weight is 229 g/mol. The molecule has 0 bridgehead atoms. The molecule has 15 heavy (non-hydrogen) atoms. The minimum atomic E-state index is 0.0231. The number of aryl methyl sites for hydroxylation is 1. The Kier molecular flexibility index (Phi) is 4.92. The lowest BCUT2D eigenvalue weighted by Gasteiger charge is -1.99. The number of hydrogen-bond donors (Lipinski definition) is 1. The molecule has 1 aliphatic heterocycles. The third kappa shape index (κ3) is 4.54. The number of rotatable bonds is 2. The molecule has 2 rings (SSSR count). The van der Waals surface area contributed by atoms with Crippen molar-refractivity contribution < 1.29 is 9.84 Å². The molecule has 2 atom stereocenters. The van der Waals surface area contributed by atoms with E-state index < -0.39 is 0 Å². The number of phenolic OH excluding ortho intramolecular Hbond substituents is 1. The second kappa shape index (κ2) is 5.99. The van der Waals surface area contributed by atoms with E-state index in [0.29, 0.717) is 11.9 Å². The second-order valence-corrected chi connectivity index (χ2v) is 4.00. The van der Waals surface area contributed by atoms with E-state index in [1.54, 1.807) is 6.07 Å². The summed E-state index contributed by atoms with van der Waals surface area (Å²) in [5, 5.41) is 9.24. The van der Waals surface area contributed by atoms with Gasteiger partial charge in [-0.25, -0.2) is 0 Å². The van der Waals surface area contributed by atoms with Gasteiger partial charge in [-0.2, -0.15) is 0 Å². The van der Waals surface area contributed by atoms with Crippen LogP contribution in [0.25, 0.3) is 0 Å². The first kappa shape index (κ1) is 12.3. The van der Waals surface area contributed by atoms with Crippen molar-refractivity contribution in [3.63, 3.8) is 0 Å². The number of hydrogen-bond acceptors (Lipinski definition) is 2. The number of ether oxygens (including phenoxy) is 1. The third-order valence-corrected chi connectivity index (χ3v) is 2.61. The zero-order valence-corrected chi connectivity index (χ0v) is 9.87. The summed E-state index contributed by atoms with van der Waals surface area (Å²) in [6, 6.07) is 7.48. The van der Waals surface area contributed by atoms with Crippen molar-refractivity contribution in [1.29, 1.82) is 0 Å². The fourth-order valence-corrected chi connectivity index (χ4v) is 1.31. The van der Waals surface area contributed by atoms with Crippen LogP contribution in [0.1, 0.15) is 25.8 Å². The molecule has 0 aliphatic carbocycles. The molecule has 1 N–H and O–H groups in total. The largest absolute Gasteiger partial charge is 0.508 e. The zero-order chi connectivity index (χ0) is 11.3. The molecular formula is C12H17ClO2. The van der Waals surface area contributed by atoms with E-state index in [1.165, 1.54) is 0 Å². The molecular weight excluding hydrogens is 212 g/mol. The number of benzene rings is 1. The van der Waals surface area contributed by atoms with Crippen LogP contribution in [-0.4, -0.2) is 16.8 Å². The predicted octanol–water partition coefficient (Wildman–Crippen LogP) is 3.31. The van der Waals surface area contributed by atoms with Crippen LogP contribution in [0.4, 0.5) is 0 Å². The van der Waals surface area contributed by atoms with E-state index in [4.69, 9.17) is 11.6 Å². The van der Waals surface area contributed by atoms with Crippen molar-refractivity contribution in [1.82, 2.24) is 0 Å². The third-order valence-electron chi connectivity index (χ3n) is 2.15. The molecule has 0 spiro atoms. The first-order valence-electron chi connectivity index (χ1n) is 5.21. The second-order valence-electron chi connectivity index (χ2n) is 3.57. The van der Waals surface area contributed by atoms with Crippen molar-refractivity contribution in [2.45, 2.75) is 38.4 Å². The SMILES string of the molecule is CC1OC1Cl.CCCc1ccccc1O. The molecule has 1 aromatic rings. The van der Waals surface area contributed by atoms with Crippen molar-refractivity contribution in [3.8, 4) is 5.75 Å². The van der Waals surface area contributed by atoms with Crippen LogP contribution in [0.5, 0.6) is 5.75 Å². The number of para-hydroxylation sites is 1. The minimum absolute atomic E-state index is 0.0231. The Morgan fingerprint density at radius 1 is 1.40 bits per heavy atom. The van der Waals surface area contributed by atoms with Crippen molar-refractivity contribution >= 4 is 11.6 Å². The average Bonchev–Trinajstić information content (AvgIpc) is 2.85. The van der Waals surface area contributed by atoms with Gasteiger partial charge < -0.3 is 9.84 Å². The topological polar surface area (TPSA) is 32.8 Å². The van der Waals surface area contributed by atoms with E-state index in [9.17, 15) is 5.11 Å². The van der Waals surface area contributed by atoms with Crippen LogP contribution in [0.15, 0.2) is 24.3 Å². The minimum Gasteiger partial charge on any atom is -0.508 e. The van der Waals surface area contributed by atoms with Gasteiger partial charge in [0, 0.05) is 0 Å².